The number of rotatable bonds is 9. The van der Waals surface area contributed by atoms with Crippen LogP contribution in [0.5, 0.6) is 0 Å². The van der Waals surface area contributed by atoms with E-state index in [9.17, 15) is 9.59 Å². The van der Waals surface area contributed by atoms with E-state index in [1.54, 1.807) is 17.2 Å². The molecule has 2 aliphatic heterocycles. The van der Waals surface area contributed by atoms with Gasteiger partial charge in [0.15, 0.2) is 5.88 Å². The quantitative estimate of drug-likeness (QED) is 0.240. The average molecular weight is 550 g/mol. The molecule has 2 aromatic heterocycles. The first-order valence-electron chi connectivity index (χ1n) is 12.9. The third-order valence-electron chi connectivity index (χ3n) is 6.74. The van der Waals surface area contributed by atoms with Gasteiger partial charge in [0.2, 0.25) is 5.91 Å². The SMILES string of the molecule is Cc1ccc(/C=C2\SC(=S)N(CCC(=O)N(Cc3ccco3)Cc3ccc(N4CCCCC4)o3)C2=O)cc1. The number of aryl methyl sites for hydroxylation is 1. The van der Waals surface area contributed by atoms with E-state index >= 15 is 0 Å². The van der Waals surface area contributed by atoms with Crippen molar-refractivity contribution < 1.29 is 18.4 Å². The first kappa shape index (κ1) is 26.3. The summed E-state index contributed by atoms with van der Waals surface area (Å²) in [4.78, 5) is 32.5. The fourth-order valence-corrected chi connectivity index (χ4v) is 5.93. The minimum atomic E-state index is -0.164. The van der Waals surface area contributed by atoms with Crippen LogP contribution in [0.4, 0.5) is 5.88 Å². The van der Waals surface area contributed by atoms with E-state index in [0.717, 1.165) is 48.7 Å². The van der Waals surface area contributed by atoms with Crippen LogP contribution >= 0.6 is 24.0 Å². The Bertz CT molecular complexity index is 1310. The summed E-state index contributed by atoms with van der Waals surface area (Å²) in [5.41, 5.74) is 2.10. The molecule has 7 nitrogen and oxygen atoms in total. The Labute approximate surface area is 232 Å². The topological polar surface area (TPSA) is 70.1 Å². The van der Waals surface area contributed by atoms with Gasteiger partial charge in [-0.1, -0.05) is 53.8 Å². The zero-order chi connectivity index (χ0) is 26.5. The van der Waals surface area contributed by atoms with E-state index in [1.807, 2.05) is 55.5 Å². The molecule has 2 fully saturated rings. The predicted molar refractivity (Wildman–Crippen MR) is 153 cm³/mol. The number of piperidine rings is 1. The van der Waals surface area contributed by atoms with Crippen LogP contribution in [0.15, 0.2) is 68.5 Å². The zero-order valence-electron chi connectivity index (χ0n) is 21.4. The van der Waals surface area contributed by atoms with Crippen molar-refractivity contribution in [3.05, 3.63) is 82.3 Å². The molecule has 198 valence electrons. The highest BCUT2D eigenvalue weighted by Gasteiger charge is 2.32. The number of nitrogens with zero attached hydrogens (tertiary/aromatic N) is 3. The zero-order valence-corrected chi connectivity index (χ0v) is 23.1. The maximum Gasteiger partial charge on any atom is 0.266 e. The highest BCUT2D eigenvalue weighted by atomic mass is 32.2. The van der Waals surface area contributed by atoms with Crippen molar-refractivity contribution in [3.63, 3.8) is 0 Å². The number of hydrogen-bond donors (Lipinski definition) is 0. The van der Waals surface area contributed by atoms with Gasteiger partial charge in [-0.3, -0.25) is 14.5 Å². The highest BCUT2D eigenvalue weighted by molar-refractivity contribution is 8.26. The van der Waals surface area contributed by atoms with Gasteiger partial charge in [0, 0.05) is 32.1 Å². The Morgan fingerprint density at radius 2 is 1.82 bits per heavy atom. The van der Waals surface area contributed by atoms with Gasteiger partial charge in [0.1, 0.15) is 15.8 Å². The Balaban J connectivity index is 1.24. The molecule has 0 atom stereocenters. The molecule has 2 saturated heterocycles. The molecule has 9 heteroatoms. The summed E-state index contributed by atoms with van der Waals surface area (Å²) in [6.07, 6.45) is 7.16. The maximum absolute atomic E-state index is 13.4. The third kappa shape index (κ3) is 6.39. The predicted octanol–water partition coefficient (Wildman–Crippen LogP) is 5.99. The normalized spacial score (nSPS) is 17.0. The molecule has 0 aliphatic carbocycles. The number of thiocarbonyl (C=S) groups is 1. The Morgan fingerprint density at radius 3 is 2.55 bits per heavy atom. The first-order chi connectivity index (χ1) is 18.5. The monoisotopic (exact) mass is 549 g/mol. The van der Waals surface area contributed by atoms with Crippen molar-refractivity contribution >= 4 is 52.1 Å². The van der Waals surface area contributed by atoms with Crippen LogP contribution in [-0.2, 0) is 22.7 Å². The van der Waals surface area contributed by atoms with E-state index in [4.69, 9.17) is 21.1 Å². The lowest BCUT2D eigenvalue weighted by molar-refractivity contribution is -0.133. The Hall–Kier alpha value is -3.30. The van der Waals surface area contributed by atoms with E-state index in [-0.39, 0.29) is 24.8 Å². The fraction of sp³-hybridized carbons (Fsp3) is 0.345. The number of carbonyl (C=O) groups excluding carboxylic acids is 2. The van der Waals surface area contributed by atoms with Crippen LogP contribution in [0.25, 0.3) is 6.08 Å². The van der Waals surface area contributed by atoms with Crippen molar-refractivity contribution in [3.8, 4) is 0 Å². The molecule has 4 heterocycles. The lowest BCUT2D eigenvalue weighted by Gasteiger charge is -2.26. The molecule has 38 heavy (non-hydrogen) atoms. The van der Waals surface area contributed by atoms with Gasteiger partial charge in [-0.2, -0.15) is 0 Å². The largest absolute Gasteiger partial charge is 0.467 e. The van der Waals surface area contributed by atoms with Crippen molar-refractivity contribution in [2.24, 2.45) is 0 Å². The molecular weight excluding hydrogens is 518 g/mol. The van der Waals surface area contributed by atoms with Crippen LogP contribution in [0.3, 0.4) is 0 Å². The van der Waals surface area contributed by atoms with Gasteiger partial charge < -0.3 is 18.6 Å². The van der Waals surface area contributed by atoms with Crippen LogP contribution in [0.2, 0.25) is 0 Å². The second kappa shape index (κ2) is 12.0. The second-order valence-electron chi connectivity index (χ2n) is 9.61. The molecule has 2 aliphatic rings. The summed E-state index contributed by atoms with van der Waals surface area (Å²) < 4.78 is 12.1. The van der Waals surface area contributed by atoms with Gasteiger partial charge in [-0.25, -0.2) is 0 Å². The smallest absolute Gasteiger partial charge is 0.266 e. The molecule has 0 bridgehead atoms. The van der Waals surface area contributed by atoms with E-state index in [1.165, 1.54) is 23.1 Å². The summed E-state index contributed by atoms with van der Waals surface area (Å²) in [5, 5.41) is 0. The number of thioether (sulfide) groups is 1. The lowest BCUT2D eigenvalue weighted by Crippen LogP contribution is -2.35. The fourth-order valence-electron chi connectivity index (χ4n) is 4.62. The number of benzene rings is 1. The molecule has 0 unspecified atom stereocenters. The molecule has 1 aromatic carbocycles. The molecule has 0 spiro atoms. The van der Waals surface area contributed by atoms with Crippen LogP contribution in [0.1, 0.15) is 48.3 Å². The summed E-state index contributed by atoms with van der Waals surface area (Å²) in [6.45, 7) is 4.86. The van der Waals surface area contributed by atoms with E-state index < -0.39 is 0 Å². The second-order valence-corrected chi connectivity index (χ2v) is 11.3. The molecule has 0 saturated carbocycles. The van der Waals surface area contributed by atoms with Crippen LogP contribution < -0.4 is 4.90 Å². The Kier molecular flexibility index (Phi) is 8.34. The van der Waals surface area contributed by atoms with Gasteiger partial charge in [0.05, 0.1) is 24.3 Å². The molecule has 3 aromatic rings. The third-order valence-corrected chi connectivity index (χ3v) is 8.12. The van der Waals surface area contributed by atoms with Crippen molar-refractivity contribution in [1.29, 1.82) is 0 Å². The van der Waals surface area contributed by atoms with Gasteiger partial charge in [0.25, 0.3) is 5.91 Å². The van der Waals surface area contributed by atoms with Crippen molar-refractivity contribution in [2.75, 3.05) is 24.5 Å². The van der Waals surface area contributed by atoms with Crippen LogP contribution in [-0.4, -0.2) is 45.6 Å². The van der Waals surface area contributed by atoms with E-state index in [2.05, 4.69) is 4.90 Å². The summed E-state index contributed by atoms with van der Waals surface area (Å²) in [5.74, 6) is 1.99. The van der Waals surface area contributed by atoms with Crippen molar-refractivity contribution in [2.45, 2.75) is 45.7 Å². The minimum absolute atomic E-state index is 0.103. The molecule has 2 amide bonds. The van der Waals surface area contributed by atoms with E-state index in [0.29, 0.717) is 28.1 Å². The van der Waals surface area contributed by atoms with Crippen molar-refractivity contribution in [1.82, 2.24) is 9.80 Å². The molecular formula is C29H31N3O4S2. The number of hydrogen-bond acceptors (Lipinski definition) is 7. The average Bonchev–Trinajstić information content (AvgIpc) is 3.67. The number of amides is 2. The lowest BCUT2D eigenvalue weighted by atomic mass is 10.1. The first-order valence-corrected chi connectivity index (χ1v) is 14.1. The molecule has 0 N–H and O–H groups in total. The number of carbonyl (C=O) groups is 2. The summed E-state index contributed by atoms with van der Waals surface area (Å²) >= 11 is 6.75. The maximum atomic E-state index is 13.4. The van der Waals surface area contributed by atoms with Gasteiger partial charge in [-0.15, -0.1) is 0 Å². The Morgan fingerprint density at radius 1 is 1.05 bits per heavy atom. The molecule has 5 rings (SSSR count). The molecule has 0 radical (unpaired) electrons. The number of furan rings is 2. The minimum Gasteiger partial charge on any atom is -0.467 e. The van der Waals surface area contributed by atoms with Crippen LogP contribution in [0, 0.1) is 6.92 Å². The summed E-state index contributed by atoms with van der Waals surface area (Å²) in [7, 11) is 0. The number of anilines is 1. The highest BCUT2D eigenvalue weighted by Crippen LogP contribution is 2.33. The summed E-state index contributed by atoms with van der Waals surface area (Å²) in [6, 6.07) is 15.5. The van der Waals surface area contributed by atoms with Gasteiger partial charge in [-0.05, 0) is 56.0 Å². The van der Waals surface area contributed by atoms with Gasteiger partial charge >= 0.3 is 0 Å². The standard InChI is InChI=1S/C29H31N3O4S2/c1-21-7-9-22(10-8-21)18-25-28(34)32(29(37)38-25)16-13-26(33)31(19-23-6-5-17-35-23)20-24-11-12-27(36-24)30-14-3-2-4-15-30/h5-12,17-18H,2-4,13-16,19-20H2,1H3/b25-18-.